The maximum absolute atomic E-state index is 13.9. The number of Topliss-reactive ketones (excluding diaryl/α,β-unsaturated/α-hetero) is 2. The molecular weight excluding hydrogens is 523 g/mol. The molecule has 0 N–H and O–H groups in total. The van der Waals surface area contributed by atoms with Crippen LogP contribution in [-0.4, -0.2) is 33.9 Å². The second-order valence-electron chi connectivity index (χ2n) is 8.93. The molecule has 2 saturated heterocycles. The summed E-state index contributed by atoms with van der Waals surface area (Å²) in [4.78, 5) is 66.5. The molecule has 0 unspecified atom stereocenters. The lowest BCUT2D eigenvalue weighted by atomic mass is 9.77. The Labute approximate surface area is 218 Å². The van der Waals surface area contributed by atoms with Crippen LogP contribution in [0.5, 0.6) is 0 Å². The van der Waals surface area contributed by atoms with Gasteiger partial charge in [-0.05, 0) is 24.3 Å². The van der Waals surface area contributed by atoms with Crippen LogP contribution in [0.2, 0.25) is 10.0 Å². The normalized spacial score (nSPS) is 23.6. The fourth-order valence-corrected chi connectivity index (χ4v) is 6.03. The summed E-state index contributed by atoms with van der Waals surface area (Å²) in [7, 11) is 0. The minimum Gasteiger partial charge on any atom is -0.349 e. The lowest BCUT2D eigenvalue weighted by Crippen LogP contribution is -2.51. The molecule has 11 heteroatoms. The van der Waals surface area contributed by atoms with Crippen molar-refractivity contribution in [3.8, 4) is 0 Å². The molecule has 0 radical (unpaired) electrons. The number of carbonyl (C=O) groups is 4. The lowest BCUT2D eigenvalue weighted by molar-refractivity contribution is -0.384. The van der Waals surface area contributed by atoms with Gasteiger partial charge in [-0.1, -0.05) is 53.5 Å². The second kappa shape index (κ2) is 8.04. The van der Waals surface area contributed by atoms with Crippen LogP contribution in [0.4, 0.5) is 11.4 Å². The van der Waals surface area contributed by atoms with Gasteiger partial charge in [0.05, 0.1) is 28.6 Å². The van der Waals surface area contributed by atoms with Gasteiger partial charge >= 0.3 is 0 Å². The highest BCUT2D eigenvalue weighted by Gasteiger charge is 2.74. The number of carbonyl (C=O) groups excluding carboxylic acids is 4. The highest BCUT2D eigenvalue weighted by Crippen LogP contribution is 2.58. The zero-order valence-corrected chi connectivity index (χ0v) is 20.1. The summed E-state index contributed by atoms with van der Waals surface area (Å²) in [5.41, 5.74) is -1.93. The number of fused-ring (bicyclic) bond motifs is 3. The van der Waals surface area contributed by atoms with Gasteiger partial charge in [-0.15, -0.1) is 0 Å². The van der Waals surface area contributed by atoms with Crippen LogP contribution in [0.3, 0.4) is 0 Å². The standard InChI is InChI=1S/C26H14Cl2N2O7/c27-12-5-10-17(18(28)11-12)21-19-20(26(37-21)22(31)15-3-1-2-4-16(15)23(26)32)25(34)29(24(19)33)13-6-8-14(9-7-13)30(35)36/h1-11,19-21H/t19-,20-,21-/m1/s1. The third kappa shape index (κ3) is 3.08. The summed E-state index contributed by atoms with van der Waals surface area (Å²) < 4.78 is 6.18. The Balaban J connectivity index is 1.53. The first kappa shape index (κ1) is 23.5. The van der Waals surface area contributed by atoms with E-state index in [1.165, 1.54) is 42.5 Å². The first-order valence-electron chi connectivity index (χ1n) is 11.1. The van der Waals surface area contributed by atoms with Crippen molar-refractivity contribution < 1.29 is 28.8 Å². The Hall–Kier alpha value is -3.92. The first-order chi connectivity index (χ1) is 17.7. The molecule has 1 aliphatic carbocycles. The number of amides is 2. The van der Waals surface area contributed by atoms with Crippen LogP contribution in [-0.2, 0) is 14.3 Å². The molecule has 6 rings (SSSR count). The van der Waals surface area contributed by atoms with E-state index in [1.807, 2.05) is 0 Å². The monoisotopic (exact) mass is 536 g/mol. The average Bonchev–Trinajstić information content (AvgIpc) is 3.44. The number of non-ortho nitro benzene ring substituents is 1. The quantitative estimate of drug-likeness (QED) is 0.207. The van der Waals surface area contributed by atoms with E-state index in [1.54, 1.807) is 12.1 Å². The zero-order chi connectivity index (χ0) is 26.2. The third-order valence-corrected chi connectivity index (χ3v) is 7.67. The van der Waals surface area contributed by atoms with Gasteiger partial charge in [0.2, 0.25) is 29.0 Å². The summed E-state index contributed by atoms with van der Waals surface area (Å²) in [5, 5.41) is 11.5. The van der Waals surface area contributed by atoms with Crippen molar-refractivity contribution in [1.82, 2.24) is 0 Å². The van der Waals surface area contributed by atoms with Crippen LogP contribution in [0.15, 0.2) is 66.7 Å². The largest absolute Gasteiger partial charge is 0.349 e. The SMILES string of the molecule is O=C1[C@H]2[C@@H](c3ccc(Cl)cc3Cl)OC3(C(=O)c4ccccc4C3=O)[C@H]2C(=O)N1c1ccc([N+](=O)[O-])cc1. The van der Waals surface area contributed by atoms with Gasteiger partial charge in [-0.2, -0.15) is 0 Å². The van der Waals surface area contributed by atoms with E-state index in [-0.39, 0.29) is 27.5 Å². The van der Waals surface area contributed by atoms with Crippen molar-refractivity contribution in [2.75, 3.05) is 4.90 Å². The maximum atomic E-state index is 13.9. The summed E-state index contributed by atoms with van der Waals surface area (Å²) in [6.45, 7) is 0. The molecule has 9 nitrogen and oxygen atoms in total. The fraction of sp³-hybridized carbons (Fsp3) is 0.154. The fourth-order valence-electron chi connectivity index (χ4n) is 5.51. The topological polar surface area (TPSA) is 124 Å². The Bertz CT molecular complexity index is 1530. The molecular formula is C26H14Cl2N2O7. The molecule has 2 aliphatic heterocycles. The Morgan fingerprint density at radius 1 is 0.865 bits per heavy atom. The van der Waals surface area contributed by atoms with E-state index in [0.717, 1.165) is 17.0 Å². The Morgan fingerprint density at radius 3 is 2.05 bits per heavy atom. The number of anilines is 1. The van der Waals surface area contributed by atoms with E-state index >= 15 is 0 Å². The molecule has 3 aromatic rings. The second-order valence-corrected chi connectivity index (χ2v) is 9.78. The molecule has 3 aliphatic rings. The number of nitro benzene ring substituents is 1. The van der Waals surface area contributed by atoms with Gasteiger partial charge in [0, 0.05) is 38.9 Å². The lowest BCUT2D eigenvalue weighted by Gasteiger charge is -2.27. The molecule has 184 valence electrons. The molecule has 3 atom stereocenters. The van der Waals surface area contributed by atoms with Crippen molar-refractivity contribution in [2.24, 2.45) is 11.8 Å². The molecule has 0 saturated carbocycles. The summed E-state index contributed by atoms with van der Waals surface area (Å²) in [6, 6.07) is 15.5. The molecule has 2 heterocycles. The van der Waals surface area contributed by atoms with Crippen LogP contribution in [0, 0.1) is 22.0 Å². The average molecular weight is 537 g/mol. The van der Waals surface area contributed by atoms with Crippen molar-refractivity contribution in [3.63, 3.8) is 0 Å². The predicted octanol–water partition coefficient (Wildman–Crippen LogP) is 4.60. The molecule has 0 aromatic heterocycles. The van der Waals surface area contributed by atoms with E-state index in [9.17, 15) is 29.3 Å². The van der Waals surface area contributed by atoms with Gasteiger partial charge in [0.1, 0.15) is 0 Å². The van der Waals surface area contributed by atoms with Gasteiger partial charge in [0.25, 0.3) is 5.69 Å². The number of nitrogens with zero attached hydrogens (tertiary/aromatic N) is 2. The minimum absolute atomic E-state index is 0.0708. The highest BCUT2D eigenvalue weighted by molar-refractivity contribution is 6.37. The van der Waals surface area contributed by atoms with Gasteiger partial charge in [-0.3, -0.25) is 29.3 Å². The molecule has 37 heavy (non-hydrogen) atoms. The molecule has 0 bridgehead atoms. The number of nitro groups is 1. The molecule has 2 fully saturated rings. The number of hydrogen-bond donors (Lipinski definition) is 0. The number of benzene rings is 3. The van der Waals surface area contributed by atoms with E-state index in [0.29, 0.717) is 10.6 Å². The number of hydrogen-bond acceptors (Lipinski definition) is 7. The van der Waals surface area contributed by atoms with Crippen molar-refractivity contribution in [1.29, 1.82) is 0 Å². The Morgan fingerprint density at radius 2 is 1.49 bits per heavy atom. The third-order valence-electron chi connectivity index (χ3n) is 7.11. The van der Waals surface area contributed by atoms with Crippen LogP contribution < -0.4 is 4.90 Å². The van der Waals surface area contributed by atoms with Crippen LogP contribution in [0.1, 0.15) is 32.4 Å². The van der Waals surface area contributed by atoms with Crippen LogP contribution in [0.25, 0.3) is 0 Å². The van der Waals surface area contributed by atoms with Gasteiger partial charge < -0.3 is 4.74 Å². The number of ketones is 2. The number of ether oxygens (including phenoxy) is 1. The van der Waals surface area contributed by atoms with E-state index in [4.69, 9.17) is 27.9 Å². The first-order valence-corrected chi connectivity index (χ1v) is 11.9. The van der Waals surface area contributed by atoms with Gasteiger partial charge in [0.15, 0.2) is 0 Å². The summed E-state index contributed by atoms with van der Waals surface area (Å²) >= 11 is 12.5. The van der Waals surface area contributed by atoms with Crippen molar-refractivity contribution >= 4 is 58.0 Å². The smallest absolute Gasteiger partial charge is 0.269 e. The van der Waals surface area contributed by atoms with E-state index < -0.39 is 51.8 Å². The minimum atomic E-state index is -2.26. The van der Waals surface area contributed by atoms with Crippen molar-refractivity contribution in [2.45, 2.75) is 11.7 Å². The van der Waals surface area contributed by atoms with Crippen LogP contribution >= 0.6 is 23.2 Å². The number of imide groups is 1. The maximum Gasteiger partial charge on any atom is 0.269 e. The number of rotatable bonds is 3. The summed E-state index contributed by atoms with van der Waals surface area (Å²) in [6.07, 6.45) is -1.21. The zero-order valence-electron chi connectivity index (χ0n) is 18.6. The predicted molar refractivity (Wildman–Crippen MR) is 131 cm³/mol. The van der Waals surface area contributed by atoms with Gasteiger partial charge in [-0.25, -0.2) is 4.90 Å². The summed E-state index contributed by atoms with van der Waals surface area (Å²) in [5.74, 6) is -5.67. The molecule has 1 spiro atoms. The highest BCUT2D eigenvalue weighted by atomic mass is 35.5. The number of halogens is 2. The van der Waals surface area contributed by atoms with E-state index in [2.05, 4.69) is 0 Å². The van der Waals surface area contributed by atoms with Crippen molar-refractivity contribution in [3.05, 3.63) is 104 Å². The Kier molecular flexibility index (Phi) is 5.10. The molecule has 2 amide bonds. The molecule has 3 aromatic carbocycles.